The number of carbonyl (C=O) groups excluding carboxylic acids is 3. The Bertz CT molecular complexity index is 3350. The second kappa shape index (κ2) is 32.8. The normalized spacial score (nSPS) is 12.8. The number of nitrogens with one attached hydrogen (secondary N) is 3. The Morgan fingerprint density at radius 3 is 1.40 bits per heavy atom. The van der Waals surface area contributed by atoms with Gasteiger partial charge in [0.15, 0.2) is 11.6 Å². The molecule has 476 valence electrons. The van der Waals surface area contributed by atoms with Gasteiger partial charge in [-0.1, -0.05) is 48.5 Å². The molecule has 4 radical (unpaired) electrons. The SMILES string of the molecule is CC(C)(C)OC(=O)N[C@@H](C(=O)CO)c1ccc(F)cc1.CC(C)(C)OC(=O)N[C@H](c1ccc(F)cc1)C(C)(C)O.CC(C)(O)[C@H](N)c1ccc(F)cc1.COc1nc(-c2cc(C)c(N[C@H](c3ccc(F)cc3)C(C)(C)O)nn2)ccc1-n1cnc(C)c1.[B][B]. The molecule has 4 aromatic carbocycles. The highest BCUT2D eigenvalue weighted by Crippen LogP contribution is 2.33. The van der Waals surface area contributed by atoms with Gasteiger partial charge in [-0.05, 0) is 191 Å². The zero-order chi connectivity index (χ0) is 67.4. The van der Waals surface area contributed by atoms with Crippen LogP contribution in [0.1, 0.15) is 141 Å². The number of hydrogen-bond donors (Lipinski definition) is 8. The second-order valence-corrected chi connectivity index (χ2v) is 23.9. The largest absolute Gasteiger partial charge is 0.479 e. The van der Waals surface area contributed by atoms with E-state index in [2.05, 4.69) is 51.6 Å². The molecular weight excluding hydrogens is 1150 g/mol. The summed E-state index contributed by atoms with van der Waals surface area (Å²) in [4.78, 5) is 44.1. The maximum absolute atomic E-state index is 13.4. The van der Waals surface area contributed by atoms with Crippen LogP contribution < -0.4 is 26.4 Å². The van der Waals surface area contributed by atoms with Crippen molar-refractivity contribution < 1.29 is 66.6 Å². The van der Waals surface area contributed by atoms with E-state index in [-0.39, 0.29) is 17.5 Å². The molecule has 3 aromatic heterocycles. The highest BCUT2D eigenvalue weighted by molar-refractivity contribution is 6.75. The third kappa shape index (κ3) is 25.1. The molecule has 0 bridgehead atoms. The molecular formula is C64H81B2F4N9O10. The van der Waals surface area contributed by atoms with E-state index >= 15 is 0 Å². The first-order valence-electron chi connectivity index (χ1n) is 27.9. The quantitative estimate of drug-likeness (QED) is 0.0330. The first-order chi connectivity index (χ1) is 41.3. The summed E-state index contributed by atoms with van der Waals surface area (Å²) in [5.41, 5.74) is 7.17. The van der Waals surface area contributed by atoms with Crippen molar-refractivity contribution in [3.63, 3.8) is 0 Å². The Kier molecular flexibility index (Phi) is 27.7. The summed E-state index contributed by atoms with van der Waals surface area (Å²) >= 11 is 0. The summed E-state index contributed by atoms with van der Waals surface area (Å²) in [7, 11) is 9.57. The Hall–Kier alpha value is -8.22. The number of hydrogen-bond acceptors (Lipinski definition) is 16. The van der Waals surface area contributed by atoms with Crippen LogP contribution in [0.3, 0.4) is 0 Å². The molecule has 0 aliphatic carbocycles. The third-order valence-electron chi connectivity index (χ3n) is 12.4. The second-order valence-electron chi connectivity index (χ2n) is 23.9. The molecule has 4 atom stereocenters. The van der Waals surface area contributed by atoms with E-state index in [9.17, 15) is 47.3 Å². The highest BCUT2D eigenvalue weighted by atomic mass is 19.1. The molecule has 89 heavy (non-hydrogen) atoms. The minimum absolute atomic E-state index is 0.299. The number of benzene rings is 4. The number of halogens is 4. The number of methoxy groups -OCH3 is 1. The van der Waals surface area contributed by atoms with Crippen molar-refractivity contribution >= 4 is 39.3 Å². The average Bonchev–Trinajstić information content (AvgIpc) is 1.86. The van der Waals surface area contributed by atoms with E-state index in [4.69, 9.17) is 25.1 Å². The highest BCUT2D eigenvalue weighted by Gasteiger charge is 2.33. The molecule has 0 fully saturated rings. The van der Waals surface area contributed by atoms with Gasteiger partial charge in [0.1, 0.15) is 58.5 Å². The number of pyridine rings is 1. The summed E-state index contributed by atoms with van der Waals surface area (Å²) < 4.78 is 69.3. The van der Waals surface area contributed by atoms with E-state index in [0.29, 0.717) is 34.2 Å². The van der Waals surface area contributed by atoms with E-state index in [0.717, 1.165) is 28.1 Å². The van der Waals surface area contributed by atoms with Crippen molar-refractivity contribution in [2.75, 3.05) is 19.0 Å². The van der Waals surface area contributed by atoms with Gasteiger partial charge in [0.25, 0.3) is 0 Å². The number of rotatable bonds is 16. The number of carbonyl (C=O) groups is 3. The van der Waals surface area contributed by atoms with Crippen LogP contribution in [0.2, 0.25) is 0 Å². The molecule has 0 aliphatic rings. The van der Waals surface area contributed by atoms with Gasteiger partial charge in [0.05, 0.1) is 59.8 Å². The van der Waals surface area contributed by atoms with Gasteiger partial charge in [0.2, 0.25) is 5.88 Å². The molecule has 7 rings (SSSR count). The molecule has 9 N–H and O–H groups in total. The lowest BCUT2D eigenvalue weighted by atomic mass is 9.81. The van der Waals surface area contributed by atoms with Crippen molar-refractivity contribution in [1.82, 2.24) is 35.4 Å². The number of ether oxygens (including phenoxy) is 3. The van der Waals surface area contributed by atoms with Gasteiger partial charge >= 0.3 is 12.2 Å². The molecule has 0 saturated carbocycles. The smallest absolute Gasteiger partial charge is 0.408 e. The summed E-state index contributed by atoms with van der Waals surface area (Å²) in [6, 6.07) is 25.3. The Morgan fingerprint density at radius 1 is 0.596 bits per heavy atom. The van der Waals surface area contributed by atoms with Gasteiger partial charge in [0, 0.05) is 21.7 Å². The lowest BCUT2D eigenvalue weighted by Gasteiger charge is -2.31. The Morgan fingerprint density at radius 2 is 1.02 bits per heavy atom. The lowest BCUT2D eigenvalue weighted by Crippen LogP contribution is -2.44. The fraction of sp³-hybridized carbons (Fsp3) is 0.391. The predicted octanol–water partition coefficient (Wildman–Crippen LogP) is 10.4. The summed E-state index contributed by atoms with van der Waals surface area (Å²) in [5, 5.41) is 56.4. The van der Waals surface area contributed by atoms with Crippen LogP contribution in [-0.2, 0) is 14.3 Å². The fourth-order valence-corrected chi connectivity index (χ4v) is 8.04. The van der Waals surface area contributed by atoms with E-state index in [1.165, 1.54) is 72.8 Å². The first-order valence-corrected chi connectivity index (χ1v) is 27.9. The summed E-state index contributed by atoms with van der Waals surface area (Å²) in [6.07, 6.45) is 2.19. The molecule has 0 saturated heterocycles. The molecule has 7 aromatic rings. The van der Waals surface area contributed by atoms with Crippen LogP contribution in [0.5, 0.6) is 5.88 Å². The number of amides is 2. The van der Waals surface area contributed by atoms with Crippen LogP contribution in [-0.4, -0.2) is 120 Å². The zero-order valence-corrected chi connectivity index (χ0v) is 52.9. The number of aromatic nitrogens is 5. The van der Waals surface area contributed by atoms with Gasteiger partial charge in [-0.3, -0.25) is 4.79 Å². The van der Waals surface area contributed by atoms with Gasteiger partial charge in [-0.2, -0.15) is 0 Å². The number of nitrogens with two attached hydrogens (primary N) is 1. The minimum atomic E-state index is -1.21. The Balaban J connectivity index is 0.000000326. The molecule has 19 nitrogen and oxygen atoms in total. The van der Waals surface area contributed by atoms with E-state index in [1.54, 1.807) is 121 Å². The number of nitrogens with zero attached hydrogens (tertiary/aromatic N) is 5. The van der Waals surface area contributed by atoms with Crippen LogP contribution in [0.15, 0.2) is 128 Å². The molecule has 2 amide bonds. The zero-order valence-electron chi connectivity index (χ0n) is 52.9. The first kappa shape index (κ1) is 75.0. The molecule has 0 aliphatic heterocycles. The standard InChI is InChI=1S/C25H27FN6O2.C15H22FNO3.C14H18FNO4.C10H14FNO.B2/c1-15-12-20(19-10-11-21(24(28-19)34-5)32-13-16(2)27-14-32)30-31-23(15)29-22(25(3,4)33)17-6-8-18(26)9-7-17;1-14(2,3)20-13(18)17-12(15(4,5)19)10-6-8-11(16)9-7-10;1-14(2,3)20-13(19)16-12(11(18)8-17)9-4-6-10(15)7-5-9;1-10(2,13)9(12)7-3-5-8(11)6-4-7;1-2/h6-14,22,33H,1-5H3,(H,29,31);6-9,12,19H,1-5H3,(H,17,18);4-7,12,17H,8H2,1-3H3,(H,16,19);3-6,9,13H,12H2,1-2H3;/t22-;2*12-;9-;/m1111./s1. The van der Waals surface area contributed by atoms with Gasteiger partial charge in [-0.15, -0.1) is 10.2 Å². The molecule has 0 unspecified atom stereocenters. The number of aryl methyl sites for hydroxylation is 2. The maximum atomic E-state index is 13.4. The average molecular weight is 1230 g/mol. The van der Waals surface area contributed by atoms with Crippen LogP contribution in [0, 0.1) is 37.1 Å². The van der Waals surface area contributed by atoms with Crippen molar-refractivity contribution in [3.05, 3.63) is 185 Å². The number of aliphatic hydroxyl groups excluding tert-OH is 1. The van der Waals surface area contributed by atoms with Crippen molar-refractivity contribution in [2.45, 2.75) is 149 Å². The van der Waals surface area contributed by atoms with E-state index in [1.807, 2.05) is 42.8 Å². The third-order valence-corrected chi connectivity index (χ3v) is 12.4. The molecule has 3 heterocycles. The number of aliphatic hydroxyl groups is 4. The van der Waals surface area contributed by atoms with Gasteiger partial charge < -0.3 is 60.9 Å². The minimum Gasteiger partial charge on any atom is -0.479 e. The molecule has 25 heteroatoms. The van der Waals surface area contributed by atoms with Crippen LogP contribution >= 0.6 is 0 Å². The summed E-state index contributed by atoms with van der Waals surface area (Å²) in [6.45, 7) is 23.2. The number of Topliss-reactive ketones (excluding diaryl/α,β-unsaturated/α-hetero) is 1. The monoisotopic (exact) mass is 1230 g/mol. The lowest BCUT2D eigenvalue weighted by molar-refractivity contribution is -0.124. The van der Waals surface area contributed by atoms with Crippen molar-refractivity contribution in [1.29, 1.82) is 0 Å². The van der Waals surface area contributed by atoms with Crippen molar-refractivity contribution in [3.8, 4) is 23.0 Å². The number of imidazole rings is 1. The van der Waals surface area contributed by atoms with Crippen LogP contribution in [0.25, 0.3) is 17.1 Å². The summed E-state index contributed by atoms with van der Waals surface area (Å²) in [5.74, 6) is -1.13. The topological polar surface area (TPSA) is 278 Å². The predicted molar refractivity (Wildman–Crippen MR) is 334 cm³/mol. The number of ketones is 1. The maximum Gasteiger partial charge on any atom is 0.408 e. The fourth-order valence-electron chi connectivity index (χ4n) is 8.04. The van der Waals surface area contributed by atoms with Crippen LogP contribution in [0.4, 0.5) is 33.0 Å². The Labute approximate surface area is 520 Å². The van der Waals surface area contributed by atoms with Crippen molar-refractivity contribution in [2.24, 2.45) is 5.73 Å². The number of anilines is 1. The number of alkyl carbamates (subject to hydrolysis) is 2. The molecule has 0 spiro atoms. The van der Waals surface area contributed by atoms with E-state index < -0.39 is 82.6 Å². The van der Waals surface area contributed by atoms with Gasteiger partial charge in [-0.25, -0.2) is 37.1 Å².